The quantitative estimate of drug-likeness (QED) is 0.895. The molecule has 0 atom stereocenters. The average Bonchev–Trinajstić information content (AvgIpc) is 3.08. The highest BCUT2D eigenvalue weighted by Gasteiger charge is 2.54. The van der Waals surface area contributed by atoms with Crippen molar-refractivity contribution in [2.45, 2.75) is 38.0 Å². The van der Waals surface area contributed by atoms with E-state index in [0.29, 0.717) is 18.4 Å². The number of halogens is 1. The van der Waals surface area contributed by atoms with Gasteiger partial charge in [0.1, 0.15) is 0 Å². The van der Waals surface area contributed by atoms with Crippen LogP contribution in [0.2, 0.25) is 0 Å². The van der Waals surface area contributed by atoms with Crippen molar-refractivity contribution in [1.29, 1.82) is 0 Å². The van der Waals surface area contributed by atoms with Crippen molar-refractivity contribution in [3.05, 3.63) is 29.1 Å². The molecule has 1 aromatic carbocycles. The normalized spacial score (nSPS) is 16.7. The van der Waals surface area contributed by atoms with Crippen LogP contribution in [0.25, 0.3) is 0 Å². The number of hydrogen-bond donors (Lipinski definition) is 1. The number of aliphatic carboxylic acids is 1. The summed E-state index contributed by atoms with van der Waals surface area (Å²) in [6.07, 6.45) is 1.08. The van der Waals surface area contributed by atoms with Gasteiger partial charge < -0.3 is 9.84 Å². The van der Waals surface area contributed by atoms with Gasteiger partial charge >= 0.3 is 5.97 Å². The smallest absolute Gasteiger partial charge is 0.314 e. The van der Waals surface area contributed by atoms with Crippen molar-refractivity contribution < 1.29 is 19.0 Å². The molecule has 0 unspecified atom stereocenters. The number of carboxylic acid groups (broad SMARTS) is 1. The molecule has 0 aromatic heterocycles. The first-order valence-electron chi connectivity index (χ1n) is 6.03. The first-order chi connectivity index (χ1) is 8.42. The van der Waals surface area contributed by atoms with E-state index in [-0.39, 0.29) is 11.7 Å². The molecule has 1 aromatic rings. The molecule has 0 spiro atoms. The van der Waals surface area contributed by atoms with E-state index in [1.165, 1.54) is 13.2 Å². The Morgan fingerprint density at radius 2 is 2.06 bits per heavy atom. The molecule has 1 aliphatic carbocycles. The number of methoxy groups -OCH3 is 1. The van der Waals surface area contributed by atoms with Crippen LogP contribution in [-0.2, 0) is 10.2 Å². The fourth-order valence-electron chi connectivity index (χ4n) is 2.23. The number of carbonyl (C=O) groups is 1. The minimum absolute atomic E-state index is 0.0688. The van der Waals surface area contributed by atoms with Gasteiger partial charge in [0, 0.05) is 5.56 Å². The zero-order valence-corrected chi connectivity index (χ0v) is 10.8. The first kappa shape index (κ1) is 12.9. The lowest BCUT2D eigenvalue weighted by Gasteiger charge is -2.18. The molecule has 1 N–H and O–H groups in total. The Morgan fingerprint density at radius 1 is 1.44 bits per heavy atom. The van der Waals surface area contributed by atoms with Crippen molar-refractivity contribution in [1.82, 2.24) is 0 Å². The largest absolute Gasteiger partial charge is 0.493 e. The van der Waals surface area contributed by atoms with E-state index in [1.54, 1.807) is 6.07 Å². The molecule has 0 bridgehead atoms. The molecule has 0 amide bonds. The fourth-order valence-corrected chi connectivity index (χ4v) is 2.23. The number of ether oxygens (including phenoxy) is 1. The van der Waals surface area contributed by atoms with Crippen molar-refractivity contribution in [3.63, 3.8) is 0 Å². The van der Waals surface area contributed by atoms with E-state index in [0.717, 1.165) is 5.56 Å². The Bertz CT molecular complexity index is 490. The van der Waals surface area contributed by atoms with E-state index in [9.17, 15) is 14.3 Å². The summed E-state index contributed by atoms with van der Waals surface area (Å²) in [6.45, 7) is 3.90. The summed E-state index contributed by atoms with van der Waals surface area (Å²) in [7, 11) is 1.37. The van der Waals surface area contributed by atoms with Crippen LogP contribution < -0.4 is 4.74 Å². The van der Waals surface area contributed by atoms with Gasteiger partial charge in [-0.3, -0.25) is 4.79 Å². The van der Waals surface area contributed by atoms with E-state index in [4.69, 9.17) is 4.74 Å². The van der Waals surface area contributed by atoms with Gasteiger partial charge in [-0.2, -0.15) is 0 Å². The third-order valence-electron chi connectivity index (χ3n) is 3.61. The molecule has 2 rings (SSSR count). The summed E-state index contributed by atoms with van der Waals surface area (Å²) in [5.74, 6) is -1.17. The zero-order chi connectivity index (χ0) is 13.5. The summed E-state index contributed by atoms with van der Waals surface area (Å²) in [5.41, 5.74) is 0.328. The zero-order valence-electron chi connectivity index (χ0n) is 10.8. The number of rotatable bonds is 4. The maximum atomic E-state index is 14.0. The lowest BCUT2D eigenvalue weighted by Crippen LogP contribution is -2.21. The van der Waals surface area contributed by atoms with Crippen molar-refractivity contribution >= 4 is 5.97 Å². The van der Waals surface area contributed by atoms with Gasteiger partial charge in [0.15, 0.2) is 11.6 Å². The molecule has 0 aliphatic heterocycles. The van der Waals surface area contributed by atoms with Crippen LogP contribution in [-0.4, -0.2) is 18.2 Å². The summed E-state index contributed by atoms with van der Waals surface area (Å²) in [4.78, 5) is 11.4. The Labute approximate surface area is 106 Å². The van der Waals surface area contributed by atoms with Crippen molar-refractivity contribution in [3.8, 4) is 5.75 Å². The van der Waals surface area contributed by atoms with Crippen LogP contribution in [0.1, 0.15) is 43.7 Å². The second kappa shape index (κ2) is 4.26. The highest BCUT2D eigenvalue weighted by Crippen LogP contribution is 2.52. The Hall–Kier alpha value is -1.58. The lowest BCUT2D eigenvalue weighted by atomic mass is 9.90. The molecular formula is C14H17FO3. The van der Waals surface area contributed by atoms with Crippen LogP contribution in [0.15, 0.2) is 12.1 Å². The predicted octanol–water partition coefficient (Wildman–Crippen LogP) is 3.07. The third-order valence-corrected chi connectivity index (χ3v) is 3.61. The molecule has 98 valence electrons. The standard InChI is InChI=1S/C14H17FO3/c1-8(2)9-6-10(12(18-3)11(15)7-9)14(4-5-14)13(16)17/h6-8H,4-5H2,1-3H3,(H,16,17). The molecule has 0 heterocycles. The van der Waals surface area contributed by atoms with Crippen molar-refractivity contribution in [2.75, 3.05) is 7.11 Å². The molecule has 18 heavy (non-hydrogen) atoms. The molecular weight excluding hydrogens is 235 g/mol. The summed E-state index contributed by atoms with van der Waals surface area (Å²) in [5, 5.41) is 9.32. The monoisotopic (exact) mass is 252 g/mol. The first-order valence-corrected chi connectivity index (χ1v) is 6.03. The molecule has 0 saturated heterocycles. The predicted molar refractivity (Wildman–Crippen MR) is 65.6 cm³/mol. The van der Waals surface area contributed by atoms with E-state index in [2.05, 4.69) is 0 Å². The van der Waals surface area contributed by atoms with Crippen molar-refractivity contribution in [2.24, 2.45) is 0 Å². The van der Waals surface area contributed by atoms with Gasteiger partial charge in [0.25, 0.3) is 0 Å². The molecule has 3 nitrogen and oxygen atoms in total. The maximum absolute atomic E-state index is 14.0. The van der Waals surface area contributed by atoms with Gasteiger partial charge in [-0.15, -0.1) is 0 Å². The van der Waals surface area contributed by atoms with E-state index < -0.39 is 17.2 Å². The second-order valence-electron chi connectivity index (χ2n) is 5.13. The highest BCUT2D eigenvalue weighted by molar-refractivity contribution is 5.86. The third kappa shape index (κ3) is 1.85. The maximum Gasteiger partial charge on any atom is 0.314 e. The Morgan fingerprint density at radius 3 is 2.44 bits per heavy atom. The van der Waals surface area contributed by atoms with Crippen LogP contribution in [0.4, 0.5) is 4.39 Å². The Balaban J connectivity index is 2.61. The average molecular weight is 252 g/mol. The second-order valence-corrected chi connectivity index (χ2v) is 5.13. The summed E-state index contributed by atoms with van der Waals surface area (Å²) < 4.78 is 19.0. The minimum Gasteiger partial charge on any atom is -0.493 e. The summed E-state index contributed by atoms with van der Waals surface area (Å²) >= 11 is 0. The van der Waals surface area contributed by atoms with E-state index >= 15 is 0 Å². The van der Waals surface area contributed by atoms with Gasteiger partial charge in [-0.1, -0.05) is 19.9 Å². The van der Waals surface area contributed by atoms with Gasteiger partial charge in [0.2, 0.25) is 0 Å². The highest BCUT2D eigenvalue weighted by atomic mass is 19.1. The van der Waals surface area contributed by atoms with Crippen LogP contribution in [0, 0.1) is 5.82 Å². The van der Waals surface area contributed by atoms with Gasteiger partial charge in [0.05, 0.1) is 12.5 Å². The molecule has 1 aliphatic rings. The van der Waals surface area contributed by atoms with Gasteiger partial charge in [-0.05, 0) is 30.4 Å². The molecule has 1 saturated carbocycles. The number of hydrogen-bond acceptors (Lipinski definition) is 2. The fraction of sp³-hybridized carbons (Fsp3) is 0.500. The molecule has 4 heteroatoms. The Kier molecular flexibility index (Phi) is 3.05. The molecule has 0 radical (unpaired) electrons. The van der Waals surface area contributed by atoms with Gasteiger partial charge in [-0.25, -0.2) is 4.39 Å². The minimum atomic E-state index is -0.947. The van der Waals surface area contributed by atoms with Crippen LogP contribution in [0.3, 0.4) is 0 Å². The summed E-state index contributed by atoms with van der Waals surface area (Å²) in [6, 6.07) is 3.19. The lowest BCUT2D eigenvalue weighted by molar-refractivity contribution is -0.140. The SMILES string of the molecule is COc1c(F)cc(C(C)C)cc1C1(C(=O)O)CC1. The number of benzene rings is 1. The number of carboxylic acids is 1. The topological polar surface area (TPSA) is 46.5 Å². The molecule has 1 fully saturated rings. The van der Waals surface area contributed by atoms with Crippen LogP contribution >= 0.6 is 0 Å². The van der Waals surface area contributed by atoms with Crippen LogP contribution in [0.5, 0.6) is 5.75 Å². The van der Waals surface area contributed by atoms with E-state index in [1.807, 2.05) is 13.8 Å².